The van der Waals surface area contributed by atoms with E-state index >= 15 is 4.39 Å². The number of quaternary nitrogens is 1. The lowest BCUT2D eigenvalue weighted by Crippen LogP contribution is -2.63. The molecule has 14 heteroatoms. The molecule has 43 heavy (non-hydrogen) atoms. The Kier molecular flexibility index (Phi) is 8.58. The number of carbonyl (C=O) groups excluding carboxylic acids is 4. The van der Waals surface area contributed by atoms with Crippen molar-refractivity contribution >= 4 is 60.9 Å². The van der Waals surface area contributed by atoms with Crippen LogP contribution in [0.25, 0.3) is 0 Å². The van der Waals surface area contributed by atoms with Crippen molar-refractivity contribution in [3.63, 3.8) is 0 Å². The minimum absolute atomic E-state index is 0.00838. The molecule has 4 atom stereocenters. The van der Waals surface area contributed by atoms with E-state index in [9.17, 15) is 27.6 Å². The number of aromatic nitrogens is 1. The molecule has 2 aromatic rings. The van der Waals surface area contributed by atoms with Gasteiger partial charge in [-0.15, -0.1) is 0 Å². The molecule has 2 aliphatic carbocycles. The van der Waals surface area contributed by atoms with Crippen LogP contribution in [0.2, 0.25) is 5.02 Å². The molecule has 5 rings (SSSR count). The molecule has 3 amide bonds. The van der Waals surface area contributed by atoms with E-state index in [2.05, 4.69) is 31.5 Å². The van der Waals surface area contributed by atoms with Gasteiger partial charge in [0.1, 0.15) is 23.0 Å². The monoisotopic (exact) mass is 697 g/mol. The Morgan fingerprint density at radius 2 is 1.88 bits per heavy atom. The first-order valence-electron chi connectivity index (χ1n) is 14.1. The van der Waals surface area contributed by atoms with Crippen molar-refractivity contribution in [2.24, 2.45) is 0 Å². The molecule has 10 nitrogen and oxygen atoms in total. The lowest BCUT2D eigenvalue weighted by atomic mass is 9.96. The number of Topliss-reactive ketones (excluding diaryl/α,β-unsaturated/α-hetero) is 1. The zero-order valence-corrected chi connectivity index (χ0v) is 26.8. The van der Waals surface area contributed by atoms with Crippen molar-refractivity contribution in [3.05, 3.63) is 57.5 Å². The van der Waals surface area contributed by atoms with Gasteiger partial charge in [0.25, 0.3) is 11.8 Å². The van der Waals surface area contributed by atoms with Gasteiger partial charge >= 0.3 is 5.91 Å². The number of likely N-dealkylation sites (tertiary alicyclic amines) is 1. The number of sulfone groups is 1. The maximum absolute atomic E-state index is 15.1. The van der Waals surface area contributed by atoms with E-state index in [0.29, 0.717) is 4.47 Å². The van der Waals surface area contributed by atoms with Crippen LogP contribution in [0.1, 0.15) is 51.1 Å². The number of amides is 3. The molecule has 1 aliphatic heterocycles. The average molecular weight is 699 g/mol. The van der Waals surface area contributed by atoms with Crippen LogP contribution in [-0.2, 0) is 34.4 Å². The molecule has 2 saturated carbocycles. The molecular weight excluding hydrogens is 667 g/mol. The van der Waals surface area contributed by atoms with Gasteiger partial charge in [0.05, 0.1) is 28.7 Å². The molecule has 2 heterocycles. The standard InChI is InChI=1S/C29H31BrClFN4O6S/c1-3-21(24(37)27(39)34-17-8-9-17)35-26(38)22-13-18(43(41,42)23-7-5-4-6-19(23)31)15-36(22,2)28(40)29(10-11-29)25-20(32)12-16(30)14-33-25/h4-7,12,14,17-18,21-22H,3,8-11,13,15H2,1-2H3,(H-,34,35,38,39)/p+1. The zero-order chi connectivity index (χ0) is 31.3. The van der Waals surface area contributed by atoms with Crippen LogP contribution in [0.5, 0.6) is 0 Å². The molecule has 0 bridgehead atoms. The summed E-state index contributed by atoms with van der Waals surface area (Å²) >= 11 is 9.42. The summed E-state index contributed by atoms with van der Waals surface area (Å²) in [6, 6.07) is 4.65. The maximum Gasteiger partial charge on any atom is 0.326 e. The van der Waals surface area contributed by atoms with Gasteiger partial charge in [-0.1, -0.05) is 30.7 Å². The third-order valence-electron chi connectivity index (χ3n) is 8.70. The summed E-state index contributed by atoms with van der Waals surface area (Å²) in [6.45, 7) is 1.35. The fraction of sp³-hybridized carbons (Fsp3) is 0.483. The molecule has 4 unspecified atom stereocenters. The summed E-state index contributed by atoms with van der Waals surface area (Å²) in [5.74, 6) is -3.59. The Morgan fingerprint density at radius 3 is 2.47 bits per heavy atom. The first kappa shape index (κ1) is 31.7. The highest BCUT2D eigenvalue weighted by molar-refractivity contribution is 9.10. The number of hydrogen-bond acceptors (Lipinski definition) is 7. The number of benzene rings is 1. The molecular formula is C29H32BrClFN4O6S+. The Balaban J connectivity index is 1.49. The van der Waals surface area contributed by atoms with Crippen LogP contribution >= 0.6 is 27.5 Å². The quantitative estimate of drug-likeness (QED) is 0.287. The predicted molar refractivity (Wildman–Crippen MR) is 158 cm³/mol. The minimum atomic E-state index is -4.12. The summed E-state index contributed by atoms with van der Waals surface area (Å²) in [6.07, 6.45) is 3.34. The normalized spacial score (nSPS) is 25.0. The number of rotatable bonds is 10. The van der Waals surface area contributed by atoms with Crippen LogP contribution in [0.15, 0.2) is 45.9 Å². The average Bonchev–Trinajstić information content (AvgIpc) is 3.90. The van der Waals surface area contributed by atoms with Gasteiger partial charge in [-0.3, -0.25) is 23.9 Å². The Hall–Kier alpha value is -2.74. The van der Waals surface area contributed by atoms with Gasteiger partial charge in [0, 0.05) is 23.1 Å². The SMILES string of the molecule is CCC(NC(=O)C1CC(S(=O)(=O)c2ccccc2Cl)C[N+]1(C)C(=O)C1(c2ncc(Br)cc2F)CC1)C(=O)C(=O)NC1CC1. The van der Waals surface area contributed by atoms with Crippen LogP contribution in [0, 0.1) is 5.82 Å². The molecule has 0 radical (unpaired) electrons. The number of nitrogens with one attached hydrogen (secondary N) is 2. The van der Waals surface area contributed by atoms with E-state index in [1.54, 1.807) is 13.0 Å². The highest BCUT2D eigenvalue weighted by atomic mass is 79.9. The summed E-state index contributed by atoms with van der Waals surface area (Å²) in [5, 5.41) is 4.05. The molecule has 2 N–H and O–H groups in total. The third kappa shape index (κ3) is 5.88. The lowest BCUT2D eigenvalue weighted by Gasteiger charge is -2.35. The third-order valence-corrected chi connectivity index (χ3v) is 11.8. The molecule has 230 valence electrons. The zero-order valence-electron chi connectivity index (χ0n) is 23.6. The summed E-state index contributed by atoms with van der Waals surface area (Å²) in [5.41, 5.74) is -1.40. The van der Waals surface area contributed by atoms with Crippen molar-refractivity contribution in [1.82, 2.24) is 15.6 Å². The van der Waals surface area contributed by atoms with Gasteiger partial charge in [-0.25, -0.2) is 17.6 Å². The minimum Gasteiger partial charge on any atom is -0.347 e. The predicted octanol–water partition coefficient (Wildman–Crippen LogP) is 3.00. The van der Waals surface area contributed by atoms with E-state index in [0.717, 1.165) is 12.8 Å². The molecule has 1 aromatic carbocycles. The first-order chi connectivity index (χ1) is 20.2. The summed E-state index contributed by atoms with van der Waals surface area (Å²) < 4.78 is 42.5. The summed E-state index contributed by atoms with van der Waals surface area (Å²) in [4.78, 5) is 57.7. The van der Waals surface area contributed by atoms with E-state index in [1.807, 2.05) is 0 Å². The second-order valence-corrected chi connectivity index (χ2v) is 15.3. The fourth-order valence-corrected chi connectivity index (χ4v) is 8.64. The number of halogens is 3. The van der Waals surface area contributed by atoms with Crippen molar-refractivity contribution < 1.29 is 36.5 Å². The lowest BCUT2D eigenvalue weighted by molar-refractivity contribution is -0.838. The van der Waals surface area contributed by atoms with Gasteiger partial charge in [0.15, 0.2) is 15.9 Å². The van der Waals surface area contributed by atoms with E-state index in [4.69, 9.17) is 11.6 Å². The van der Waals surface area contributed by atoms with E-state index in [-0.39, 0.29) is 53.9 Å². The molecule has 3 fully saturated rings. The second kappa shape index (κ2) is 11.6. The van der Waals surface area contributed by atoms with Gasteiger partial charge < -0.3 is 10.6 Å². The molecule has 1 aromatic heterocycles. The highest BCUT2D eigenvalue weighted by Gasteiger charge is 2.67. The van der Waals surface area contributed by atoms with Gasteiger partial charge in [-0.2, -0.15) is 0 Å². The first-order valence-corrected chi connectivity index (χ1v) is 16.8. The number of ketones is 1. The van der Waals surface area contributed by atoms with Crippen LogP contribution < -0.4 is 10.6 Å². The number of likely N-dealkylation sites (N-methyl/N-ethyl adjacent to an activating group) is 1. The molecule has 3 aliphatic rings. The van der Waals surface area contributed by atoms with Crippen molar-refractivity contribution in [2.75, 3.05) is 13.6 Å². The second-order valence-electron chi connectivity index (χ2n) is 11.8. The Labute approximate surface area is 262 Å². The number of carbonyl (C=O) groups is 4. The van der Waals surface area contributed by atoms with Crippen molar-refractivity contribution in [3.8, 4) is 0 Å². The topological polar surface area (TPSA) is 139 Å². The fourth-order valence-electron chi connectivity index (χ4n) is 5.97. The van der Waals surface area contributed by atoms with Gasteiger partial charge in [-0.05, 0) is 66.2 Å². The number of hydrogen-bond donors (Lipinski definition) is 2. The van der Waals surface area contributed by atoms with Crippen LogP contribution in [-0.4, -0.2) is 78.4 Å². The largest absolute Gasteiger partial charge is 0.347 e. The molecule has 0 spiro atoms. The number of pyridine rings is 1. The van der Waals surface area contributed by atoms with E-state index in [1.165, 1.54) is 37.5 Å². The van der Waals surface area contributed by atoms with Gasteiger partial charge in [0.2, 0.25) is 5.78 Å². The molecule has 1 saturated heterocycles. The maximum atomic E-state index is 15.1. The van der Waals surface area contributed by atoms with Crippen LogP contribution in [0.4, 0.5) is 4.39 Å². The Bertz CT molecular complexity index is 1620. The van der Waals surface area contributed by atoms with Crippen molar-refractivity contribution in [1.29, 1.82) is 0 Å². The number of nitrogens with zero attached hydrogens (tertiary/aromatic N) is 2. The van der Waals surface area contributed by atoms with Crippen LogP contribution in [0.3, 0.4) is 0 Å². The smallest absolute Gasteiger partial charge is 0.326 e. The highest BCUT2D eigenvalue weighted by Crippen LogP contribution is 2.52. The van der Waals surface area contributed by atoms with E-state index < -0.39 is 66.4 Å². The Morgan fingerprint density at radius 1 is 1.21 bits per heavy atom. The summed E-state index contributed by atoms with van der Waals surface area (Å²) in [7, 11) is -2.65. The van der Waals surface area contributed by atoms with Crippen molar-refractivity contribution in [2.45, 2.75) is 79.1 Å².